The summed E-state index contributed by atoms with van der Waals surface area (Å²) in [7, 11) is -2.82. The van der Waals surface area contributed by atoms with E-state index in [4.69, 9.17) is 11.6 Å². The second-order valence-electron chi connectivity index (χ2n) is 9.26. The topological polar surface area (TPSA) is 86.8 Å². The number of nitrogens with one attached hydrogen (secondary N) is 1. The van der Waals surface area contributed by atoms with Gasteiger partial charge in [-0.3, -0.25) is 13.9 Å². The Hall–Kier alpha value is -3.57. The van der Waals surface area contributed by atoms with Gasteiger partial charge in [0.2, 0.25) is 21.8 Å². The molecule has 0 aliphatic carbocycles. The summed E-state index contributed by atoms with van der Waals surface area (Å²) in [6.07, 6.45) is -3.94. The normalized spacial score (nSPS) is 12.5. The Balaban J connectivity index is 2.07. The van der Waals surface area contributed by atoms with Gasteiger partial charge < -0.3 is 10.2 Å². The SMILES string of the molecule is CNC(=O)[C@H](Cc1ccccc1)N(Cc1cccc(C)c1)C(=O)CN(c1ccc(Cl)c(C(F)(F)F)c1)S(C)(=O)=O. The van der Waals surface area contributed by atoms with E-state index in [0.717, 1.165) is 29.5 Å². The molecule has 7 nitrogen and oxygen atoms in total. The van der Waals surface area contributed by atoms with Gasteiger partial charge in [0.15, 0.2) is 0 Å². The van der Waals surface area contributed by atoms with Crippen LogP contribution in [-0.4, -0.2) is 51.0 Å². The summed E-state index contributed by atoms with van der Waals surface area (Å²) in [6.45, 7) is 0.976. The van der Waals surface area contributed by atoms with Crippen LogP contribution in [0, 0.1) is 6.92 Å². The summed E-state index contributed by atoms with van der Waals surface area (Å²) in [5, 5.41) is 1.95. The van der Waals surface area contributed by atoms with Crippen molar-refractivity contribution < 1.29 is 31.2 Å². The molecule has 0 aliphatic heterocycles. The predicted molar refractivity (Wildman–Crippen MR) is 148 cm³/mol. The maximum atomic E-state index is 13.9. The van der Waals surface area contributed by atoms with Gasteiger partial charge >= 0.3 is 6.18 Å². The quantitative estimate of drug-likeness (QED) is 0.364. The Kier molecular flexibility index (Phi) is 9.86. The van der Waals surface area contributed by atoms with E-state index in [1.54, 1.807) is 42.5 Å². The van der Waals surface area contributed by atoms with Crippen molar-refractivity contribution in [3.05, 3.63) is 100 Å². The number of benzene rings is 3. The molecule has 1 N–H and O–H groups in total. The molecule has 0 unspecified atom stereocenters. The molecular weight excluding hydrogens is 567 g/mol. The summed E-state index contributed by atoms with van der Waals surface area (Å²) in [6, 6.07) is 17.8. The highest BCUT2D eigenvalue weighted by molar-refractivity contribution is 7.92. The summed E-state index contributed by atoms with van der Waals surface area (Å²) < 4.78 is 66.6. The minimum atomic E-state index is -4.85. The standard InChI is InChI=1S/C28H29ClF3N3O4S/c1-19-8-7-11-21(14-19)17-34(25(27(37)33-2)15-20-9-5-4-6-10-20)26(36)18-35(40(3,38)39)22-12-13-24(29)23(16-22)28(30,31)32/h4-14,16,25H,15,17-18H2,1-3H3,(H,33,37)/t25-/m0/s1. The number of aryl methyl sites for hydroxylation is 1. The number of halogens is 4. The number of anilines is 1. The van der Waals surface area contributed by atoms with E-state index < -0.39 is 51.2 Å². The van der Waals surface area contributed by atoms with E-state index in [-0.39, 0.29) is 18.7 Å². The number of hydrogen-bond acceptors (Lipinski definition) is 4. The smallest absolute Gasteiger partial charge is 0.357 e. The molecule has 3 aromatic carbocycles. The van der Waals surface area contributed by atoms with E-state index in [1.807, 2.05) is 19.1 Å². The highest BCUT2D eigenvalue weighted by atomic mass is 35.5. The highest BCUT2D eigenvalue weighted by Gasteiger charge is 2.36. The van der Waals surface area contributed by atoms with Crippen molar-refractivity contribution in [1.82, 2.24) is 10.2 Å². The molecule has 0 heterocycles. The maximum Gasteiger partial charge on any atom is 0.417 e. The van der Waals surface area contributed by atoms with Crippen LogP contribution in [0.4, 0.5) is 18.9 Å². The first-order valence-electron chi connectivity index (χ1n) is 12.2. The molecule has 0 fully saturated rings. The molecule has 0 aromatic heterocycles. The number of carbonyl (C=O) groups excluding carboxylic acids is 2. The molecule has 0 saturated carbocycles. The summed E-state index contributed by atoms with van der Waals surface area (Å²) in [5.74, 6) is -1.26. The minimum Gasteiger partial charge on any atom is -0.357 e. The third-order valence-corrected chi connectivity index (χ3v) is 7.65. The second kappa shape index (κ2) is 12.7. The average Bonchev–Trinajstić information content (AvgIpc) is 2.88. The van der Waals surface area contributed by atoms with Gasteiger partial charge in [0.25, 0.3) is 0 Å². The Morgan fingerprint density at radius 3 is 2.20 bits per heavy atom. The van der Waals surface area contributed by atoms with Crippen molar-refractivity contribution in [3.8, 4) is 0 Å². The fourth-order valence-corrected chi connectivity index (χ4v) is 5.29. The third kappa shape index (κ3) is 7.98. The first-order chi connectivity index (χ1) is 18.7. The largest absolute Gasteiger partial charge is 0.417 e. The first-order valence-corrected chi connectivity index (χ1v) is 14.4. The molecular formula is C28H29ClF3N3O4S. The van der Waals surface area contributed by atoms with Gasteiger partial charge in [-0.05, 0) is 36.2 Å². The van der Waals surface area contributed by atoms with Gasteiger partial charge in [-0.2, -0.15) is 13.2 Å². The van der Waals surface area contributed by atoms with E-state index in [1.165, 1.54) is 11.9 Å². The van der Waals surface area contributed by atoms with Crippen LogP contribution in [0.1, 0.15) is 22.3 Å². The molecule has 1 atom stereocenters. The zero-order valence-electron chi connectivity index (χ0n) is 22.1. The molecule has 0 radical (unpaired) electrons. The van der Waals surface area contributed by atoms with Crippen LogP contribution in [0.25, 0.3) is 0 Å². The molecule has 40 heavy (non-hydrogen) atoms. The summed E-state index contributed by atoms with van der Waals surface area (Å²) in [5.41, 5.74) is 0.722. The van der Waals surface area contributed by atoms with Crippen molar-refractivity contribution >= 4 is 39.1 Å². The Bertz CT molecular complexity index is 1470. The van der Waals surface area contributed by atoms with Gasteiger partial charge in [-0.25, -0.2) is 8.42 Å². The number of likely N-dealkylation sites (N-methyl/N-ethyl adjacent to an activating group) is 1. The van der Waals surface area contributed by atoms with Gasteiger partial charge in [0, 0.05) is 20.0 Å². The number of sulfonamides is 1. The van der Waals surface area contributed by atoms with Gasteiger partial charge in [0.1, 0.15) is 12.6 Å². The highest BCUT2D eigenvalue weighted by Crippen LogP contribution is 2.37. The van der Waals surface area contributed by atoms with E-state index >= 15 is 0 Å². The summed E-state index contributed by atoms with van der Waals surface area (Å²) in [4.78, 5) is 28.2. The van der Waals surface area contributed by atoms with Crippen LogP contribution < -0.4 is 9.62 Å². The van der Waals surface area contributed by atoms with Gasteiger partial charge in [-0.15, -0.1) is 0 Å². The lowest BCUT2D eigenvalue weighted by Crippen LogP contribution is -2.52. The van der Waals surface area contributed by atoms with Crippen LogP contribution in [0.5, 0.6) is 0 Å². The van der Waals surface area contributed by atoms with Crippen molar-refractivity contribution in [1.29, 1.82) is 0 Å². The number of amides is 2. The number of nitrogens with zero attached hydrogens (tertiary/aromatic N) is 2. The van der Waals surface area contributed by atoms with Crippen LogP contribution in [0.2, 0.25) is 5.02 Å². The van der Waals surface area contributed by atoms with E-state index in [9.17, 15) is 31.2 Å². The monoisotopic (exact) mass is 595 g/mol. The Morgan fingerprint density at radius 2 is 1.62 bits per heavy atom. The predicted octanol–water partition coefficient (Wildman–Crippen LogP) is 4.82. The molecule has 0 spiro atoms. The van der Waals surface area contributed by atoms with E-state index in [2.05, 4.69) is 5.32 Å². The lowest BCUT2D eigenvalue weighted by atomic mass is 10.0. The van der Waals surface area contributed by atoms with Gasteiger partial charge in [-0.1, -0.05) is 71.8 Å². The molecule has 12 heteroatoms. The van der Waals surface area contributed by atoms with Crippen LogP contribution in [0.3, 0.4) is 0 Å². The molecule has 3 rings (SSSR count). The number of carbonyl (C=O) groups is 2. The fraction of sp³-hybridized carbons (Fsp3) is 0.286. The molecule has 3 aromatic rings. The summed E-state index contributed by atoms with van der Waals surface area (Å²) >= 11 is 5.72. The third-order valence-electron chi connectivity index (χ3n) is 6.18. The van der Waals surface area contributed by atoms with Crippen molar-refractivity contribution in [2.24, 2.45) is 0 Å². The Labute approximate surface area is 236 Å². The molecule has 0 aliphatic rings. The van der Waals surface area contributed by atoms with Crippen LogP contribution in [0.15, 0.2) is 72.8 Å². The molecule has 0 saturated heterocycles. The van der Waals surface area contributed by atoms with Crippen LogP contribution in [-0.2, 0) is 38.8 Å². The maximum absolute atomic E-state index is 13.9. The zero-order valence-corrected chi connectivity index (χ0v) is 23.6. The lowest BCUT2D eigenvalue weighted by molar-refractivity contribution is -0.139. The van der Waals surface area contributed by atoms with E-state index in [0.29, 0.717) is 15.9 Å². The zero-order chi connectivity index (χ0) is 29.7. The van der Waals surface area contributed by atoms with Gasteiger partial charge in [0.05, 0.1) is 22.5 Å². The number of rotatable bonds is 10. The van der Waals surface area contributed by atoms with Crippen molar-refractivity contribution in [3.63, 3.8) is 0 Å². The van der Waals surface area contributed by atoms with Crippen molar-refractivity contribution in [2.75, 3.05) is 24.2 Å². The molecule has 0 bridgehead atoms. The minimum absolute atomic E-state index is 0.0442. The first kappa shape index (κ1) is 31.0. The number of alkyl halides is 3. The lowest BCUT2D eigenvalue weighted by Gasteiger charge is -2.33. The van der Waals surface area contributed by atoms with Crippen molar-refractivity contribution in [2.45, 2.75) is 32.1 Å². The molecule has 214 valence electrons. The molecule has 2 amide bonds. The Morgan fingerprint density at radius 1 is 0.975 bits per heavy atom. The number of hydrogen-bond donors (Lipinski definition) is 1. The average molecular weight is 596 g/mol. The van der Waals surface area contributed by atoms with Crippen LogP contribution >= 0.6 is 11.6 Å². The fourth-order valence-electron chi connectivity index (χ4n) is 4.23. The second-order valence-corrected chi connectivity index (χ2v) is 11.6.